The molecular formula is C14H22N2O3. The molecular weight excluding hydrogens is 244 g/mol. The normalized spacial score (nSPS) is 11.8. The summed E-state index contributed by atoms with van der Waals surface area (Å²) in [5.41, 5.74) is 7.18. The van der Waals surface area contributed by atoms with Gasteiger partial charge in [0.2, 0.25) is 5.91 Å². The van der Waals surface area contributed by atoms with E-state index in [1.807, 2.05) is 13.8 Å². The number of carbonyl (C=O) groups excluding carboxylic acids is 1. The minimum absolute atomic E-state index is 0.0479. The van der Waals surface area contributed by atoms with Gasteiger partial charge in [0.25, 0.3) is 0 Å². The van der Waals surface area contributed by atoms with Gasteiger partial charge in [0.1, 0.15) is 0 Å². The number of anilines is 1. The Labute approximate surface area is 114 Å². The van der Waals surface area contributed by atoms with Crippen LogP contribution in [0, 0.1) is 0 Å². The number of ether oxygens (including phenoxy) is 2. The van der Waals surface area contributed by atoms with Crippen LogP contribution < -0.4 is 20.5 Å². The van der Waals surface area contributed by atoms with E-state index < -0.39 is 0 Å². The molecule has 0 spiro atoms. The zero-order valence-electron chi connectivity index (χ0n) is 11.9. The molecule has 1 atom stereocenters. The molecule has 0 radical (unpaired) electrons. The molecule has 19 heavy (non-hydrogen) atoms. The molecule has 1 aromatic rings. The van der Waals surface area contributed by atoms with Crippen LogP contribution in [0.25, 0.3) is 0 Å². The SMILES string of the molecule is CCC(C)NC(=O)Cc1cc(OC)c(OC)cc1N. The number of nitrogen functional groups attached to an aromatic ring is 1. The van der Waals surface area contributed by atoms with Crippen LogP contribution in [0.5, 0.6) is 11.5 Å². The number of nitrogens with one attached hydrogen (secondary N) is 1. The summed E-state index contributed by atoms with van der Waals surface area (Å²) in [6, 6.07) is 3.57. The van der Waals surface area contributed by atoms with E-state index in [-0.39, 0.29) is 18.4 Å². The Morgan fingerprint density at radius 3 is 2.42 bits per heavy atom. The van der Waals surface area contributed by atoms with Crippen LogP contribution in [0.3, 0.4) is 0 Å². The van der Waals surface area contributed by atoms with E-state index in [0.717, 1.165) is 12.0 Å². The van der Waals surface area contributed by atoms with E-state index in [4.69, 9.17) is 15.2 Å². The van der Waals surface area contributed by atoms with Crippen LogP contribution in [0.1, 0.15) is 25.8 Å². The van der Waals surface area contributed by atoms with E-state index in [1.54, 1.807) is 26.4 Å². The molecule has 0 aliphatic carbocycles. The molecule has 0 aliphatic heterocycles. The second-order valence-electron chi connectivity index (χ2n) is 4.46. The second-order valence-corrected chi connectivity index (χ2v) is 4.46. The van der Waals surface area contributed by atoms with E-state index in [0.29, 0.717) is 17.2 Å². The molecule has 0 saturated carbocycles. The lowest BCUT2D eigenvalue weighted by Crippen LogP contribution is -2.33. The van der Waals surface area contributed by atoms with Crippen molar-refractivity contribution in [3.05, 3.63) is 17.7 Å². The van der Waals surface area contributed by atoms with Gasteiger partial charge in [-0.1, -0.05) is 6.92 Å². The maximum Gasteiger partial charge on any atom is 0.224 e. The molecule has 1 unspecified atom stereocenters. The maximum absolute atomic E-state index is 11.8. The third kappa shape index (κ3) is 4.05. The highest BCUT2D eigenvalue weighted by atomic mass is 16.5. The largest absolute Gasteiger partial charge is 0.493 e. The van der Waals surface area contributed by atoms with Gasteiger partial charge in [-0.05, 0) is 25.0 Å². The van der Waals surface area contributed by atoms with E-state index in [2.05, 4.69) is 5.32 Å². The number of hydrogen-bond acceptors (Lipinski definition) is 4. The predicted octanol–water partition coefficient (Wildman–Crippen LogP) is 1.74. The first-order chi connectivity index (χ1) is 9.01. The molecule has 1 aromatic carbocycles. The quantitative estimate of drug-likeness (QED) is 0.769. The summed E-state index contributed by atoms with van der Waals surface area (Å²) in [6.07, 6.45) is 1.13. The smallest absolute Gasteiger partial charge is 0.224 e. The molecule has 106 valence electrons. The van der Waals surface area contributed by atoms with Crippen LogP contribution in [-0.2, 0) is 11.2 Å². The van der Waals surface area contributed by atoms with Crippen molar-refractivity contribution in [2.75, 3.05) is 20.0 Å². The number of nitrogens with two attached hydrogens (primary N) is 1. The molecule has 0 bridgehead atoms. The number of rotatable bonds is 6. The molecule has 0 aliphatic rings. The Balaban J connectivity index is 2.86. The molecule has 0 saturated heterocycles. The van der Waals surface area contributed by atoms with Crippen molar-refractivity contribution in [3.63, 3.8) is 0 Å². The summed E-state index contributed by atoms with van der Waals surface area (Å²) in [4.78, 5) is 11.8. The van der Waals surface area contributed by atoms with E-state index in [1.165, 1.54) is 0 Å². The van der Waals surface area contributed by atoms with Gasteiger partial charge in [0, 0.05) is 17.8 Å². The third-order valence-electron chi connectivity index (χ3n) is 3.02. The molecule has 0 heterocycles. The lowest BCUT2D eigenvalue weighted by Gasteiger charge is -2.14. The summed E-state index contributed by atoms with van der Waals surface area (Å²) in [7, 11) is 3.10. The van der Waals surface area contributed by atoms with Crippen molar-refractivity contribution in [2.24, 2.45) is 0 Å². The predicted molar refractivity (Wildman–Crippen MR) is 75.6 cm³/mol. The van der Waals surface area contributed by atoms with E-state index in [9.17, 15) is 4.79 Å². The number of benzene rings is 1. The van der Waals surface area contributed by atoms with Gasteiger partial charge >= 0.3 is 0 Å². The average molecular weight is 266 g/mol. The highest BCUT2D eigenvalue weighted by Crippen LogP contribution is 2.32. The first-order valence-corrected chi connectivity index (χ1v) is 6.31. The first kappa shape index (κ1) is 15.1. The zero-order chi connectivity index (χ0) is 14.4. The summed E-state index contributed by atoms with van der Waals surface area (Å²) in [5, 5.41) is 2.90. The number of methoxy groups -OCH3 is 2. The van der Waals surface area contributed by atoms with Crippen LogP contribution in [0.2, 0.25) is 0 Å². The Morgan fingerprint density at radius 1 is 1.32 bits per heavy atom. The van der Waals surface area contributed by atoms with Gasteiger partial charge in [0.05, 0.1) is 20.6 Å². The first-order valence-electron chi connectivity index (χ1n) is 6.31. The van der Waals surface area contributed by atoms with Crippen molar-refractivity contribution < 1.29 is 14.3 Å². The molecule has 1 amide bonds. The van der Waals surface area contributed by atoms with Crippen LogP contribution in [0.4, 0.5) is 5.69 Å². The minimum Gasteiger partial charge on any atom is -0.493 e. The summed E-state index contributed by atoms with van der Waals surface area (Å²) >= 11 is 0. The van der Waals surface area contributed by atoms with Crippen LogP contribution >= 0.6 is 0 Å². The molecule has 3 N–H and O–H groups in total. The highest BCUT2D eigenvalue weighted by Gasteiger charge is 2.13. The number of carbonyl (C=O) groups is 1. The van der Waals surface area contributed by atoms with Crippen molar-refractivity contribution in [3.8, 4) is 11.5 Å². The van der Waals surface area contributed by atoms with Gasteiger partial charge in [-0.15, -0.1) is 0 Å². The number of amides is 1. The Hall–Kier alpha value is -1.91. The highest BCUT2D eigenvalue weighted by molar-refractivity contribution is 5.81. The van der Waals surface area contributed by atoms with Crippen molar-refractivity contribution in [2.45, 2.75) is 32.7 Å². The van der Waals surface area contributed by atoms with Crippen molar-refractivity contribution in [1.29, 1.82) is 0 Å². The molecule has 0 fully saturated rings. The van der Waals surface area contributed by atoms with E-state index >= 15 is 0 Å². The summed E-state index contributed by atoms with van der Waals surface area (Å²) < 4.78 is 10.4. The standard InChI is InChI=1S/C14H22N2O3/c1-5-9(2)16-14(17)7-10-6-12(18-3)13(19-4)8-11(10)15/h6,8-9H,5,7,15H2,1-4H3,(H,16,17). The van der Waals surface area contributed by atoms with Crippen LogP contribution in [-0.4, -0.2) is 26.2 Å². The van der Waals surface area contributed by atoms with Crippen LogP contribution in [0.15, 0.2) is 12.1 Å². The van der Waals surface area contributed by atoms with Gasteiger partial charge in [-0.25, -0.2) is 0 Å². The van der Waals surface area contributed by atoms with Gasteiger partial charge in [-0.3, -0.25) is 4.79 Å². The second kappa shape index (κ2) is 6.87. The molecule has 5 nitrogen and oxygen atoms in total. The van der Waals surface area contributed by atoms with Gasteiger partial charge in [-0.2, -0.15) is 0 Å². The van der Waals surface area contributed by atoms with Gasteiger partial charge in [0.15, 0.2) is 11.5 Å². The summed E-state index contributed by atoms with van der Waals surface area (Å²) in [5.74, 6) is 1.09. The fraction of sp³-hybridized carbons (Fsp3) is 0.500. The molecule has 1 rings (SSSR count). The van der Waals surface area contributed by atoms with Crippen molar-refractivity contribution >= 4 is 11.6 Å². The fourth-order valence-corrected chi connectivity index (χ4v) is 1.69. The van der Waals surface area contributed by atoms with Gasteiger partial charge < -0.3 is 20.5 Å². The molecule has 0 aromatic heterocycles. The zero-order valence-corrected chi connectivity index (χ0v) is 11.9. The fourth-order valence-electron chi connectivity index (χ4n) is 1.69. The third-order valence-corrected chi connectivity index (χ3v) is 3.02. The summed E-state index contributed by atoms with van der Waals surface area (Å²) in [6.45, 7) is 3.99. The number of hydrogen-bond donors (Lipinski definition) is 2. The Kier molecular flexibility index (Phi) is 5.48. The Bertz CT molecular complexity index is 447. The van der Waals surface area contributed by atoms with Crippen molar-refractivity contribution in [1.82, 2.24) is 5.32 Å². The average Bonchev–Trinajstić information content (AvgIpc) is 2.40. The molecule has 5 heteroatoms. The Morgan fingerprint density at radius 2 is 1.89 bits per heavy atom. The minimum atomic E-state index is -0.0479. The lowest BCUT2D eigenvalue weighted by atomic mass is 10.1. The maximum atomic E-state index is 11.8. The monoisotopic (exact) mass is 266 g/mol. The lowest BCUT2D eigenvalue weighted by molar-refractivity contribution is -0.121. The topological polar surface area (TPSA) is 73.6 Å².